The van der Waals surface area contributed by atoms with E-state index in [0.717, 1.165) is 36.4 Å². The van der Waals surface area contributed by atoms with Crippen molar-refractivity contribution in [2.45, 2.75) is 50.5 Å². The van der Waals surface area contributed by atoms with Crippen LogP contribution in [0, 0.1) is 17.8 Å². The van der Waals surface area contributed by atoms with Crippen molar-refractivity contribution >= 4 is 11.6 Å². The summed E-state index contributed by atoms with van der Waals surface area (Å²) in [6, 6.07) is 8.34. The molecule has 0 radical (unpaired) electrons. The van der Waals surface area contributed by atoms with Crippen LogP contribution < -0.4 is 10.2 Å². The van der Waals surface area contributed by atoms with Crippen LogP contribution in [-0.2, 0) is 11.2 Å². The van der Waals surface area contributed by atoms with Crippen molar-refractivity contribution in [3.8, 4) is 0 Å². The molecule has 6 rings (SSSR count). The Morgan fingerprint density at radius 2 is 1.74 bits per heavy atom. The zero-order valence-corrected chi connectivity index (χ0v) is 13.8. The number of benzene rings is 1. The molecule has 4 saturated carbocycles. The lowest BCUT2D eigenvalue weighted by Gasteiger charge is -2.57. The van der Waals surface area contributed by atoms with E-state index in [0.29, 0.717) is 6.54 Å². The highest BCUT2D eigenvalue weighted by atomic mass is 16.2. The SMILES string of the molecule is O=C(CNC12CC3CC(CC(C3)C1)C2)N1CCc2ccccc21. The van der Waals surface area contributed by atoms with E-state index in [-0.39, 0.29) is 11.4 Å². The minimum Gasteiger partial charge on any atom is -0.311 e. The number of amides is 1. The highest BCUT2D eigenvalue weighted by Crippen LogP contribution is 2.55. The summed E-state index contributed by atoms with van der Waals surface area (Å²) in [4.78, 5) is 14.8. The molecule has 1 amide bonds. The van der Waals surface area contributed by atoms with Crippen LogP contribution in [0.15, 0.2) is 24.3 Å². The lowest BCUT2D eigenvalue weighted by molar-refractivity contribution is -0.119. The molecule has 23 heavy (non-hydrogen) atoms. The number of anilines is 1. The van der Waals surface area contributed by atoms with E-state index in [9.17, 15) is 4.79 Å². The van der Waals surface area contributed by atoms with E-state index >= 15 is 0 Å². The normalized spacial score (nSPS) is 37.2. The lowest BCUT2D eigenvalue weighted by Crippen LogP contribution is -2.60. The van der Waals surface area contributed by atoms with E-state index in [1.807, 2.05) is 11.0 Å². The first-order valence-electron chi connectivity index (χ1n) is 9.34. The molecule has 0 atom stereocenters. The van der Waals surface area contributed by atoms with Crippen LogP contribution in [0.3, 0.4) is 0 Å². The van der Waals surface area contributed by atoms with Crippen molar-refractivity contribution in [1.29, 1.82) is 0 Å². The second-order valence-corrected chi connectivity index (χ2v) is 8.48. The van der Waals surface area contributed by atoms with E-state index in [4.69, 9.17) is 0 Å². The van der Waals surface area contributed by atoms with Crippen LogP contribution in [0.4, 0.5) is 5.69 Å². The first kappa shape index (κ1) is 14.0. The van der Waals surface area contributed by atoms with Crippen molar-refractivity contribution in [3.05, 3.63) is 29.8 Å². The summed E-state index contributed by atoms with van der Waals surface area (Å²) in [6.07, 6.45) is 9.28. The first-order valence-corrected chi connectivity index (χ1v) is 9.34. The predicted octanol–water partition coefficient (Wildman–Crippen LogP) is 3.13. The smallest absolute Gasteiger partial charge is 0.240 e. The molecule has 3 heteroatoms. The molecular weight excluding hydrogens is 284 g/mol. The van der Waals surface area contributed by atoms with Crippen molar-refractivity contribution < 1.29 is 4.79 Å². The molecule has 3 nitrogen and oxygen atoms in total. The molecule has 122 valence electrons. The second-order valence-electron chi connectivity index (χ2n) is 8.48. The molecule has 0 spiro atoms. The van der Waals surface area contributed by atoms with Crippen LogP contribution in [0.2, 0.25) is 0 Å². The molecule has 0 saturated heterocycles. The van der Waals surface area contributed by atoms with Gasteiger partial charge in [-0.2, -0.15) is 0 Å². The maximum atomic E-state index is 12.8. The number of carbonyl (C=O) groups is 1. The summed E-state index contributed by atoms with van der Waals surface area (Å²) in [5.41, 5.74) is 2.73. The van der Waals surface area contributed by atoms with Gasteiger partial charge in [0.25, 0.3) is 0 Å². The maximum absolute atomic E-state index is 12.8. The van der Waals surface area contributed by atoms with E-state index < -0.39 is 0 Å². The van der Waals surface area contributed by atoms with Gasteiger partial charge in [0.2, 0.25) is 5.91 Å². The summed E-state index contributed by atoms with van der Waals surface area (Å²) in [7, 11) is 0. The van der Waals surface area contributed by atoms with Crippen molar-refractivity contribution in [2.24, 2.45) is 17.8 Å². The van der Waals surface area contributed by atoms with Gasteiger partial charge in [0.1, 0.15) is 0 Å². The van der Waals surface area contributed by atoms with E-state index in [2.05, 4.69) is 23.5 Å². The summed E-state index contributed by atoms with van der Waals surface area (Å²) in [6.45, 7) is 1.36. The molecule has 1 aromatic carbocycles. The van der Waals surface area contributed by atoms with Crippen molar-refractivity contribution in [3.63, 3.8) is 0 Å². The van der Waals surface area contributed by atoms with Gasteiger partial charge in [0, 0.05) is 17.8 Å². The number of para-hydroxylation sites is 1. The first-order chi connectivity index (χ1) is 11.2. The summed E-state index contributed by atoms with van der Waals surface area (Å²) >= 11 is 0. The highest BCUT2D eigenvalue weighted by Gasteiger charge is 2.50. The number of carbonyl (C=O) groups excluding carboxylic acids is 1. The van der Waals surface area contributed by atoms with Gasteiger partial charge in [0.15, 0.2) is 0 Å². The Labute approximate surface area is 138 Å². The summed E-state index contributed by atoms with van der Waals surface area (Å²) in [5.74, 6) is 3.04. The minimum atomic E-state index is 0.255. The fraction of sp³-hybridized carbons (Fsp3) is 0.650. The van der Waals surface area contributed by atoms with Crippen molar-refractivity contribution in [2.75, 3.05) is 18.0 Å². The lowest BCUT2D eigenvalue weighted by atomic mass is 9.53. The predicted molar refractivity (Wildman–Crippen MR) is 91.4 cm³/mol. The quantitative estimate of drug-likeness (QED) is 0.930. The van der Waals surface area contributed by atoms with E-state index in [1.165, 1.54) is 44.1 Å². The van der Waals surface area contributed by atoms with Crippen LogP contribution >= 0.6 is 0 Å². The Hall–Kier alpha value is -1.35. The van der Waals surface area contributed by atoms with Gasteiger partial charge in [-0.15, -0.1) is 0 Å². The Bertz CT molecular complexity index is 603. The van der Waals surface area contributed by atoms with Crippen LogP contribution in [0.25, 0.3) is 0 Å². The minimum absolute atomic E-state index is 0.255. The maximum Gasteiger partial charge on any atom is 0.240 e. The Balaban J connectivity index is 1.27. The van der Waals surface area contributed by atoms with Gasteiger partial charge in [0.05, 0.1) is 6.54 Å². The molecule has 5 aliphatic rings. The Morgan fingerprint density at radius 1 is 1.09 bits per heavy atom. The molecule has 0 unspecified atom stereocenters. The molecule has 4 aliphatic carbocycles. The van der Waals surface area contributed by atoms with E-state index in [1.54, 1.807) is 0 Å². The summed E-state index contributed by atoms with van der Waals surface area (Å²) < 4.78 is 0. The number of hydrogen-bond acceptors (Lipinski definition) is 2. The summed E-state index contributed by atoms with van der Waals surface area (Å²) in [5, 5.41) is 3.74. The zero-order valence-electron chi connectivity index (χ0n) is 13.8. The molecule has 4 fully saturated rings. The molecule has 1 aromatic rings. The molecule has 1 heterocycles. The fourth-order valence-corrected chi connectivity index (χ4v) is 6.28. The molecule has 0 aromatic heterocycles. The number of nitrogens with one attached hydrogen (secondary N) is 1. The molecular formula is C20H26N2O. The number of nitrogens with zero attached hydrogens (tertiary/aromatic N) is 1. The van der Waals surface area contributed by atoms with Gasteiger partial charge < -0.3 is 10.2 Å². The average Bonchev–Trinajstić information content (AvgIpc) is 2.95. The Morgan fingerprint density at radius 3 is 2.43 bits per heavy atom. The number of fused-ring (bicyclic) bond motifs is 1. The Kier molecular flexibility index (Phi) is 3.09. The molecule has 1 aliphatic heterocycles. The van der Waals surface area contributed by atoms with Gasteiger partial charge >= 0.3 is 0 Å². The van der Waals surface area contributed by atoms with Crippen LogP contribution in [-0.4, -0.2) is 24.5 Å². The number of rotatable bonds is 3. The fourth-order valence-electron chi connectivity index (χ4n) is 6.28. The van der Waals surface area contributed by atoms with Crippen LogP contribution in [0.5, 0.6) is 0 Å². The van der Waals surface area contributed by atoms with Gasteiger partial charge in [-0.3, -0.25) is 4.79 Å². The zero-order chi connectivity index (χ0) is 15.4. The second kappa shape index (κ2) is 5.07. The third kappa shape index (κ3) is 2.32. The third-order valence-corrected chi connectivity index (χ3v) is 6.84. The highest BCUT2D eigenvalue weighted by molar-refractivity contribution is 5.96. The number of hydrogen-bond donors (Lipinski definition) is 1. The van der Waals surface area contributed by atoms with Gasteiger partial charge in [-0.05, 0) is 74.3 Å². The third-order valence-electron chi connectivity index (χ3n) is 6.84. The van der Waals surface area contributed by atoms with Crippen molar-refractivity contribution in [1.82, 2.24) is 5.32 Å². The largest absolute Gasteiger partial charge is 0.311 e. The standard InChI is InChI=1S/C20H26N2O/c23-19(22-6-5-17-3-1-2-4-18(17)22)13-21-20-10-14-7-15(11-20)9-16(8-14)12-20/h1-4,14-16,21H,5-13H2. The van der Waals surface area contributed by atoms with Gasteiger partial charge in [-0.25, -0.2) is 0 Å². The van der Waals surface area contributed by atoms with Crippen LogP contribution in [0.1, 0.15) is 44.1 Å². The van der Waals surface area contributed by atoms with Gasteiger partial charge in [-0.1, -0.05) is 18.2 Å². The molecule has 1 N–H and O–H groups in total. The topological polar surface area (TPSA) is 32.3 Å². The monoisotopic (exact) mass is 310 g/mol. The molecule has 4 bridgehead atoms. The average molecular weight is 310 g/mol.